The highest BCUT2D eigenvalue weighted by Crippen LogP contribution is 2.46. The number of ketones is 1. The van der Waals surface area contributed by atoms with Crippen LogP contribution >= 0.6 is 23.2 Å². The fourth-order valence-electron chi connectivity index (χ4n) is 3.43. The molecule has 1 aromatic rings. The lowest BCUT2D eigenvalue weighted by molar-refractivity contribution is -0.123. The van der Waals surface area contributed by atoms with Gasteiger partial charge in [0.25, 0.3) is 0 Å². The van der Waals surface area contributed by atoms with E-state index in [9.17, 15) is 14.9 Å². The molecular weight excluding hydrogens is 375 g/mol. The van der Waals surface area contributed by atoms with Crippen molar-refractivity contribution in [2.75, 3.05) is 0 Å². The molecule has 0 spiro atoms. The van der Waals surface area contributed by atoms with Crippen LogP contribution in [0.4, 0.5) is 0 Å². The SMILES string of the molecule is CC(=O)NN1C(N)=C(C#N)C(c2cccc(Cl)c2Cl)C2=C1CCCC2=O. The summed E-state index contributed by atoms with van der Waals surface area (Å²) in [5.41, 5.74) is 10.5. The highest BCUT2D eigenvalue weighted by molar-refractivity contribution is 6.42. The average Bonchev–Trinajstić information content (AvgIpc) is 2.59. The molecular formula is C18H16Cl2N4O2. The first-order valence-corrected chi connectivity index (χ1v) is 8.79. The molecule has 0 aromatic heterocycles. The molecule has 0 fully saturated rings. The second kappa shape index (κ2) is 7.02. The Morgan fingerprint density at radius 1 is 1.38 bits per heavy atom. The number of nitrogens with one attached hydrogen (secondary N) is 1. The Kier molecular flexibility index (Phi) is 4.94. The first kappa shape index (κ1) is 18.3. The third kappa shape index (κ3) is 2.94. The lowest BCUT2D eigenvalue weighted by Gasteiger charge is -2.39. The largest absolute Gasteiger partial charge is 0.383 e. The summed E-state index contributed by atoms with van der Waals surface area (Å²) in [7, 11) is 0. The predicted molar refractivity (Wildman–Crippen MR) is 97.6 cm³/mol. The van der Waals surface area contributed by atoms with Crippen molar-refractivity contribution in [1.82, 2.24) is 10.4 Å². The Bertz CT molecular complexity index is 914. The fraction of sp³-hybridized carbons (Fsp3) is 0.278. The average molecular weight is 391 g/mol. The van der Waals surface area contributed by atoms with Gasteiger partial charge in [-0.1, -0.05) is 35.3 Å². The number of rotatable bonds is 2. The van der Waals surface area contributed by atoms with Gasteiger partial charge in [-0.25, -0.2) is 5.01 Å². The number of nitrogens with zero attached hydrogens (tertiary/aromatic N) is 2. The topological polar surface area (TPSA) is 99.2 Å². The van der Waals surface area contributed by atoms with Gasteiger partial charge in [0, 0.05) is 24.6 Å². The molecule has 1 amide bonds. The van der Waals surface area contributed by atoms with E-state index in [2.05, 4.69) is 11.5 Å². The first-order chi connectivity index (χ1) is 12.4. The Hall–Kier alpha value is -2.49. The number of halogens is 2. The van der Waals surface area contributed by atoms with Crippen LogP contribution in [0.1, 0.15) is 37.7 Å². The molecule has 3 rings (SSSR count). The second-order valence-corrected chi connectivity index (χ2v) is 6.91. The lowest BCUT2D eigenvalue weighted by atomic mass is 9.76. The van der Waals surface area contributed by atoms with Crippen molar-refractivity contribution in [1.29, 1.82) is 5.26 Å². The van der Waals surface area contributed by atoms with Gasteiger partial charge in [-0.3, -0.25) is 15.0 Å². The second-order valence-electron chi connectivity index (χ2n) is 6.13. The zero-order chi connectivity index (χ0) is 19.0. The Balaban J connectivity index is 2.28. The summed E-state index contributed by atoms with van der Waals surface area (Å²) in [4.78, 5) is 24.4. The van der Waals surface area contributed by atoms with E-state index in [-0.39, 0.29) is 28.1 Å². The van der Waals surface area contributed by atoms with Crippen molar-refractivity contribution >= 4 is 34.9 Å². The standard InChI is InChI=1S/C18H16Cl2N4O2/c1-9(25)23-24-13-6-3-7-14(26)16(13)15(11(8-21)18(24)22)10-4-2-5-12(19)17(10)20/h2,4-5,15H,3,6-7,22H2,1H3,(H,23,25). The van der Waals surface area contributed by atoms with E-state index in [1.165, 1.54) is 11.9 Å². The van der Waals surface area contributed by atoms with Crippen LogP contribution < -0.4 is 11.2 Å². The smallest absolute Gasteiger partial charge is 0.235 e. The maximum Gasteiger partial charge on any atom is 0.235 e. The third-order valence-corrected chi connectivity index (χ3v) is 5.31. The monoisotopic (exact) mass is 390 g/mol. The Morgan fingerprint density at radius 2 is 2.12 bits per heavy atom. The first-order valence-electron chi connectivity index (χ1n) is 8.04. The third-order valence-electron chi connectivity index (χ3n) is 4.48. The van der Waals surface area contributed by atoms with Crippen molar-refractivity contribution < 1.29 is 9.59 Å². The predicted octanol–water partition coefficient (Wildman–Crippen LogP) is 3.14. The van der Waals surface area contributed by atoms with Gasteiger partial charge >= 0.3 is 0 Å². The molecule has 8 heteroatoms. The summed E-state index contributed by atoms with van der Waals surface area (Å²) >= 11 is 12.5. The van der Waals surface area contributed by atoms with Gasteiger partial charge in [-0.2, -0.15) is 5.26 Å². The van der Waals surface area contributed by atoms with Gasteiger partial charge < -0.3 is 5.73 Å². The van der Waals surface area contributed by atoms with Gasteiger partial charge in [-0.15, -0.1) is 0 Å². The number of nitriles is 1. The fourth-order valence-corrected chi connectivity index (χ4v) is 3.84. The quantitative estimate of drug-likeness (QED) is 0.807. The number of hydrazine groups is 1. The van der Waals surface area contributed by atoms with Crippen LogP contribution in [0.3, 0.4) is 0 Å². The van der Waals surface area contributed by atoms with Gasteiger partial charge in [0.1, 0.15) is 5.82 Å². The molecule has 1 heterocycles. The number of hydrogen-bond donors (Lipinski definition) is 2. The zero-order valence-electron chi connectivity index (χ0n) is 14.0. The number of carbonyl (C=O) groups excluding carboxylic acids is 2. The molecule has 134 valence electrons. The summed E-state index contributed by atoms with van der Waals surface area (Å²) in [5, 5.41) is 11.7. The molecule has 26 heavy (non-hydrogen) atoms. The number of Topliss-reactive ketones (excluding diaryl/α,β-unsaturated/α-hetero) is 1. The Labute approximate surface area is 160 Å². The molecule has 0 saturated carbocycles. The number of hydrogen-bond acceptors (Lipinski definition) is 5. The molecule has 0 saturated heterocycles. The Morgan fingerprint density at radius 3 is 2.77 bits per heavy atom. The maximum atomic E-state index is 12.8. The van der Waals surface area contributed by atoms with E-state index in [0.717, 1.165) is 0 Å². The van der Waals surface area contributed by atoms with Gasteiger partial charge in [-0.05, 0) is 24.5 Å². The van der Waals surface area contributed by atoms with Crippen LogP contribution in [0, 0.1) is 11.3 Å². The summed E-state index contributed by atoms with van der Waals surface area (Å²) in [6, 6.07) is 7.15. The van der Waals surface area contributed by atoms with Crippen LogP contribution in [-0.4, -0.2) is 16.7 Å². The van der Waals surface area contributed by atoms with Crippen molar-refractivity contribution in [3.05, 3.63) is 56.5 Å². The molecule has 3 N–H and O–H groups in total. The summed E-state index contributed by atoms with van der Waals surface area (Å²) in [5.74, 6) is -1.08. The lowest BCUT2D eigenvalue weighted by Crippen LogP contribution is -2.47. The van der Waals surface area contributed by atoms with E-state index < -0.39 is 5.92 Å². The number of allylic oxidation sites excluding steroid dienone is 3. The molecule has 2 aliphatic rings. The van der Waals surface area contributed by atoms with Crippen molar-refractivity contribution in [3.8, 4) is 6.07 Å². The number of benzene rings is 1. The highest BCUT2D eigenvalue weighted by Gasteiger charge is 2.41. The van der Waals surface area contributed by atoms with Crippen molar-refractivity contribution in [2.45, 2.75) is 32.1 Å². The highest BCUT2D eigenvalue weighted by atomic mass is 35.5. The minimum atomic E-state index is -0.709. The summed E-state index contributed by atoms with van der Waals surface area (Å²) in [6.07, 6.45) is 1.55. The van der Waals surface area contributed by atoms with Gasteiger partial charge in [0.05, 0.1) is 27.6 Å². The maximum absolute atomic E-state index is 12.8. The van der Waals surface area contributed by atoms with Crippen LogP contribution in [-0.2, 0) is 9.59 Å². The number of carbonyl (C=O) groups is 2. The van der Waals surface area contributed by atoms with E-state index >= 15 is 0 Å². The molecule has 1 atom stereocenters. The number of nitrogens with two attached hydrogens (primary N) is 1. The molecule has 6 nitrogen and oxygen atoms in total. The van der Waals surface area contributed by atoms with Gasteiger partial charge in [0.2, 0.25) is 5.91 Å². The van der Waals surface area contributed by atoms with E-state index in [0.29, 0.717) is 41.1 Å². The minimum Gasteiger partial charge on any atom is -0.383 e. The van der Waals surface area contributed by atoms with E-state index in [4.69, 9.17) is 28.9 Å². The van der Waals surface area contributed by atoms with Gasteiger partial charge in [0.15, 0.2) is 5.78 Å². The van der Waals surface area contributed by atoms with E-state index in [1.807, 2.05) is 0 Å². The van der Waals surface area contributed by atoms with Crippen molar-refractivity contribution in [2.24, 2.45) is 5.73 Å². The molecule has 1 aliphatic heterocycles. The molecule has 0 radical (unpaired) electrons. The molecule has 0 bridgehead atoms. The van der Waals surface area contributed by atoms with E-state index in [1.54, 1.807) is 18.2 Å². The summed E-state index contributed by atoms with van der Waals surface area (Å²) in [6.45, 7) is 1.34. The van der Waals surface area contributed by atoms with Crippen LogP contribution in [0.5, 0.6) is 0 Å². The molecule has 1 aromatic carbocycles. The number of amides is 1. The van der Waals surface area contributed by atoms with Crippen LogP contribution in [0.15, 0.2) is 40.9 Å². The van der Waals surface area contributed by atoms with Crippen LogP contribution in [0.2, 0.25) is 10.0 Å². The minimum absolute atomic E-state index is 0.0807. The molecule has 1 unspecified atom stereocenters. The normalized spacial score (nSPS) is 20.0. The molecule has 1 aliphatic carbocycles. The van der Waals surface area contributed by atoms with Crippen LogP contribution in [0.25, 0.3) is 0 Å². The summed E-state index contributed by atoms with van der Waals surface area (Å²) < 4.78 is 0. The van der Waals surface area contributed by atoms with Crippen molar-refractivity contribution in [3.63, 3.8) is 0 Å². The zero-order valence-corrected chi connectivity index (χ0v) is 15.5.